The number of carbonyl (C=O) groups is 1. The monoisotopic (exact) mass is 408 g/mol. The van der Waals surface area contributed by atoms with Gasteiger partial charge in [-0.05, 0) is 36.8 Å². The molecule has 2 aromatic carbocycles. The molecule has 144 valence electrons. The topological polar surface area (TPSA) is 75.7 Å². The number of aryl methyl sites for hydroxylation is 1. The Kier molecular flexibility index (Phi) is 6.87. The van der Waals surface area contributed by atoms with Crippen LogP contribution in [0.2, 0.25) is 5.02 Å². The Morgan fingerprint density at radius 1 is 1.30 bits per heavy atom. The van der Waals surface area contributed by atoms with Crippen LogP contribution in [-0.2, 0) is 14.8 Å². The molecule has 0 aliphatic carbocycles. The molecule has 0 saturated carbocycles. The number of ether oxygens (including phenoxy) is 1. The van der Waals surface area contributed by atoms with E-state index in [0.717, 1.165) is 16.1 Å². The molecule has 1 amide bonds. The molecule has 0 aromatic heterocycles. The second-order valence-electron chi connectivity index (χ2n) is 5.88. The van der Waals surface area contributed by atoms with Crippen molar-refractivity contribution in [2.75, 3.05) is 29.0 Å². The van der Waals surface area contributed by atoms with Gasteiger partial charge in [-0.25, -0.2) is 8.42 Å². The molecule has 6 nitrogen and oxygen atoms in total. The van der Waals surface area contributed by atoms with E-state index >= 15 is 0 Å². The number of carbonyl (C=O) groups excluding carboxylic acids is 1. The SMILES string of the molecule is C=CCOc1cccc(NC(=O)CN(c2ccc(C)c(Cl)c2)S(C)(=O)=O)c1. The number of rotatable bonds is 8. The van der Waals surface area contributed by atoms with Crippen molar-refractivity contribution in [1.29, 1.82) is 0 Å². The summed E-state index contributed by atoms with van der Waals surface area (Å²) in [5, 5.41) is 3.10. The van der Waals surface area contributed by atoms with Crippen LogP contribution in [0.4, 0.5) is 11.4 Å². The van der Waals surface area contributed by atoms with Crippen LogP contribution in [0.1, 0.15) is 5.56 Å². The first-order valence-electron chi connectivity index (χ1n) is 8.08. The summed E-state index contributed by atoms with van der Waals surface area (Å²) in [5.41, 5.74) is 1.64. The van der Waals surface area contributed by atoms with Gasteiger partial charge in [0.05, 0.1) is 11.9 Å². The molecule has 0 fully saturated rings. The summed E-state index contributed by atoms with van der Waals surface area (Å²) in [4.78, 5) is 12.4. The van der Waals surface area contributed by atoms with Crippen molar-refractivity contribution in [3.63, 3.8) is 0 Å². The number of sulfonamides is 1. The third kappa shape index (κ3) is 6.01. The highest BCUT2D eigenvalue weighted by atomic mass is 35.5. The van der Waals surface area contributed by atoms with E-state index in [0.29, 0.717) is 28.8 Å². The number of halogens is 1. The molecule has 2 aromatic rings. The Morgan fingerprint density at radius 3 is 2.67 bits per heavy atom. The van der Waals surface area contributed by atoms with Crippen molar-refractivity contribution in [3.05, 3.63) is 65.7 Å². The van der Waals surface area contributed by atoms with Crippen LogP contribution in [0, 0.1) is 6.92 Å². The zero-order valence-electron chi connectivity index (χ0n) is 15.1. The second kappa shape index (κ2) is 8.92. The van der Waals surface area contributed by atoms with Crippen LogP contribution in [0.5, 0.6) is 5.75 Å². The summed E-state index contributed by atoms with van der Waals surface area (Å²) < 4.78 is 30.7. The maximum atomic E-state index is 12.4. The molecular formula is C19H21ClN2O4S. The van der Waals surface area contributed by atoms with Gasteiger partial charge in [-0.1, -0.05) is 36.4 Å². The molecule has 0 atom stereocenters. The molecule has 0 spiro atoms. The number of hydrogen-bond acceptors (Lipinski definition) is 4. The molecule has 2 rings (SSSR count). The smallest absolute Gasteiger partial charge is 0.245 e. The molecule has 0 saturated heterocycles. The van der Waals surface area contributed by atoms with Gasteiger partial charge in [0.25, 0.3) is 0 Å². The number of amides is 1. The number of anilines is 2. The minimum atomic E-state index is -3.68. The Bertz CT molecular complexity index is 944. The first-order chi connectivity index (χ1) is 12.7. The Balaban J connectivity index is 2.17. The summed E-state index contributed by atoms with van der Waals surface area (Å²) in [6.45, 7) is 5.35. The van der Waals surface area contributed by atoms with E-state index in [4.69, 9.17) is 16.3 Å². The molecular weight excluding hydrogens is 388 g/mol. The number of benzene rings is 2. The van der Waals surface area contributed by atoms with Gasteiger partial charge in [-0.3, -0.25) is 9.10 Å². The molecule has 0 aliphatic rings. The Morgan fingerprint density at radius 2 is 2.04 bits per heavy atom. The quantitative estimate of drug-likeness (QED) is 0.677. The lowest BCUT2D eigenvalue weighted by atomic mass is 10.2. The van der Waals surface area contributed by atoms with Gasteiger partial charge in [0.2, 0.25) is 15.9 Å². The second-order valence-corrected chi connectivity index (χ2v) is 8.19. The molecule has 0 heterocycles. The van der Waals surface area contributed by atoms with Crippen LogP contribution in [0.15, 0.2) is 55.1 Å². The van der Waals surface area contributed by atoms with E-state index in [2.05, 4.69) is 11.9 Å². The average Bonchev–Trinajstić information content (AvgIpc) is 2.60. The fourth-order valence-electron chi connectivity index (χ4n) is 2.29. The van der Waals surface area contributed by atoms with E-state index in [1.807, 2.05) is 6.92 Å². The third-order valence-electron chi connectivity index (χ3n) is 3.62. The summed E-state index contributed by atoms with van der Waals surface area (Å²) in [6.07, 6.45) is 2.65. The predicted molar refractivity (Wildman–Crippen MR) is 109 cm³/mol. The number of nitrogens with zero attached hydrogens (tertiary/aromatic N) is 1. The summed E-state index contributed by atoms with van der Waals surface area (Å²) in [6, 6.07) is 11.6. The van der Waals surface area contributed by atoms with Crippen molar-refractivity contribution < 1.29 is 17.9 Å². The van der Waals surface area contributed by atoms with Gasteiger partial charge >= 0.3 is 0 Å². The van der Waals surface area contributed by atoms with E-state index in [9.17, 15) is 13.2 Å². The normalized spacial score (nSPS) is 10.9. The lowest BCUT2D eigenvalue weighted by Gasteiger charge is -2.22. The first-order valence-corrected chi connectivity index (χ1v) is 10.3. The first kappa shape index (κ1) is 20.8. The molecule has 0 unspecified atom stereocenters. The highest BCUT2D eigenvalue weighted by molar-refractivity contribution is 7.92. The molecule has 0 bridgehead atoms. The summed E-state index contributed by atoms with van der Waals surface area (Å²) >= 11 is 6.09. The van der Waals surface area contributed by atoms with Crippen LogP contribution >= 0.6 is 11.6 Å². The highest BCUT2D eigenvalue weighted by Crippen LogP contribution is 2.25. The van der Waals surface area contributed by atoms with Gasteiger partial charge in [-0.2, -0.15) is 0 Å². The minimum Gasteiger partial charge on any atom is -0.489 e. The lowest BCUT2D eigenvalue weighted by Crippen LogP contribution is -2.37. The maximum Gasteiger partial charge on any atom is 0.245 e. The number of nitrogens with one attached hydrogen (secondary N) is 1. The van der Waals surface area contributed by atoms with Crippen LogP contribution in [-0.4, -0.2) is 33.7 Å². The molecule has 1 N–H and O–H groups in total. The van der Waals surface area contributed by atoms with Crippen molar-refractivity contribution in [1.82, 2.24) is 0 Å². The van der Waals surface area contributed by atoms with Crippen molar-refractivity contribution in [3.8, 4) is 5.75 Å². The fraction of sp³-hybridized carbons (Fsp3) is 0.211. The Hall–Kier alpha value is -2.51. The van der Waals surface area contributed by atoms with Crippen molar-refractivity contribution >= 4 is 38.9 Å². The number of hydrogen-bond donors (Lipinski definition) is 1. The van der Waals surface area contributed by atoms with Crippen LogP contribution in [0.3, 0.4) is 0 Å². The van der Waals surface area contributed by atoms with Crippen LogP contribution in [0.25, 0.3) is 0 Å². The van der Waals surface area contributed by atoms with E-state index < -0.39 is 15.9 Å². The largest absolute Gasteiger partial charge is 0.489 e. The third-order valence-corrected chi connectivity index (χ3v) is 5.16. The van der Waals surface area contributed by atoms with Gasteiger partial charge in [0, 0.05) is 16.8 Å². The lowest BCUT2D eigenvalue weighted by molar-refractivity contribution is -0.114. The van der Waals surface area contributed by atoms with E-state index in [1.165, 1.54) is 6.07 Å². The summed E-state index contributed by atoms with van der Waals surface area (Å²) in [7, 11) is -3.68. The van der Waals surface area contributed by atoms with Gasteiger partial charge in [0.1, 0.15) is 18.9 Å². The zero-order chi connectivity index (χ0) is 20.0. The van der Waals surface area contributed by atoms with Crippen molar-refractivity contribution in [2.24, 2.45) is 0 Å². The molecule has 8 heteroatoms. The highest BCUT2D eigenvalue weighted by Gasteiger charge is 2.21. The molecule has 0 radical (unpaired) electrons. The predicted octanol–water partition coefficient (Wildman–Crippen LogP) is 3.62. The Labute approximate surface area is 164 Å². The van der Waals surface area contributed by atoms with Gasteiger partial charge in [0.15, 0.2) is 0 Å². The molecule has 27 heavy (non-hydrogen) atoms. The minimum absolute atomic E-state index is 0.325. The standard InChI is InChI=1S/C19H21ClN2O4S/c1-4-10-26-17-7-5-6-15(11-17)21-19(23)13-22(27(3,24)25)16-9-8-14(2)18(20)12-16/h4-9,11-12H,1,10,13H2,2-3H3,(H,21,23). The van der Waals surface area contributed by atoms with E-state index in [-0.39, 0.29) is 6.54 Å². The van der Waals surface area contributed by atoms with Gasteiger partial charge < -0.3 is 10.1 Å². The van der Waals surface area contributed by atoms with Crippen molar-refractivity contribution in [2.45, 2.75) is 6.92 Å². The summed E-state index contributed by atoms with van der Waals surface area (Å²) in [5.74, 6) is 0.0796. The fourth-order valence-corrected chi connectivity index (χ4v) is 3.31. The maximum absolute atomic E-state index is 12.4. The molecule has 0 aliphatic heterocycles. The van der Waals surface area contributed by atoms with Gasteiger partial charge in [-0.15, -0.1) is 0 Å². The van der Waals surface area contributed by atoms with Crippen LogP contribution < -0.4 is 14.4 Å². The average molecular weight is 409 g/mol. The van der Waals surface area contributed by atoms with E-state index in [1.54, 1.807) is 42.5 Å². The zero-order valence-corrected chi connectivity index (χ0v) is 16.7.